The van der Waals surface area contributed by atoms with Crippen LogP contribution in [0.4, 0.5) is 0 Å². The Balaban J connectivity index is 3.22. The lowest BCUT2D eigenvalue weighted by Crippen LogP contribution is -2.37. The Hall–Kier alpha value is -0.380. The zero-order valence-electron chi connectivity index (χ0n) is 14.0. The highest BCUT2D eigenvalue weighted by Gasteiger charge is 2.11. The largest absolute Gasteiger partial charge is 0.395 e. The molecule has 4 N–H and O–H groups in total. The summed E-state index contributed by atoms with van der Waals surface area (Å²) in [6.07, 6.45) is 18.6. The highest BCUT2D eigenvalue weighted by Crippen LogP contribution is 2.11. The molecule has 126 valence electrons. The summed E-state index contributed by atoms with van der Waals surface area (Å²) in [7, 11) is 0. The van der Waals surface area contributed by atoms with Gasteiger partial charge in [0.2, 0.25) is 0 Å². The van der Waals surface area contributed by atoms with Gasteiger partial charge in [0.15, 0.2) is 0 Å². The second-order valence-electron chi connectivity index (χ2n) is 6.08. The molecular weight excluding hydrogens is 262 g/mol. The van der Waals surface area contributed by atoms with Crippen molar-refractivity contribution >= 4 is 0 Å². The Labute approximate surface area is 131 Å². The number of nitrogens with two attached hydrogens (primary N) is 1. The van der Waals surface area contributed by atoms with Crippen molar-refractivity contribution in [2.24, 2.45) is 5.73 Å². The van der Waals surface area contributed by atoms with Crippen LogP contribution in [-0.2, 0) is 0 Å². The second-order valence-corrected chi connectivity index (χ2v) is 6.08. The quantitative estimate of drug-likeness (QED) is 0.317. The first kappa shape index (κ1) is 20.6. The summed E-state index contributed by atoms with van der Waals surface area (Å²) in [5.41, 5.74) is 5.54. The van der Waals surface area contributed by atoms with Crippen molar-refractivity contribution < 1.29 is 10.2 Å². The summed E-state index contributed by atoms with van der Waals surface area (Å²) in [6.45, 7) is 2.11. The minimum Gasteiger partial charge on any atom is -0.395 e. The first-order valence-electron chi connectivity index (χ1n) is 8.91. The number of rotatable bonds is 15. The lowest BCUT2D eigenvalue weighted by atomic mass is 10.1. The lowest BCUT2D eigenvalue weighted by Gasteiger charge is -2.14. The lowest BCUT2D eigenvalue weighted by molar-refractivity contribution is 0.102. The zero-order chi connectivity index (χ0) is 15.8. The average Bonchev–Trinajstić information content (AvgIpc) is 2.50. The van der Waals surface area contributed by atoms with Gasteiger partial charge < -0.3 is 15.9 Å². The fourth-order valence-electron chi connectivity index (χ4n) is 2.41. The summed E-state index contributed by atoms with van der Waals surface area (Å²) >= 11 is 0. The molecule has 21 heavy (non-hydrogen) atoms. The first-order valence-corrected chi connectivity index (χ1v) is 8.91. The molecule has 0 amide bonds. The molecule has 0 unspecified atom stereocenters. The van der Waals surface area contributed by atoms with E-state index < -0.39 is 12.1 Å². The van der Waals surface area contributed by atoms with E-state index in [0.29, 0.717) is 6.42 Å². The molecule has 0 heterocycles. The summed E-state index contributed by atoms with van der Waals surface area (Å²) in [4.78, 5) is 0. The van der Waals surface area contributed by atoms with Crippen molar-refractivity contribution in [3.8, 4) is 0 Å². The fraction of sp³-hybridized carbons (Fsp3) is 0.889. The highest BCUT2D eigenvalue weighted by atomic mass is 16.3. The van der Waals surface area contributed by atoms with E-state index in [4.69, 9.17) is 10.8 Å². The molecule has 0 aromatic rings. The molecule has 0 saturated heterocycles. The van der Waals surface area contributed by atoms with Gasteiger partial charge in [-0.3, -0.25) is 0 Å². The van der Waals surface area contributed by atoms with E-state index in [9.17, 15) is 5.11 Å². The summed E-state index contributed by atoms with van der Waals surface area (Å²) in [5, 5.41) is 18.4. The van der Waals surface area contributed by atoms with Gasteiger partial charge in [-0.1, -0.05) is 70.4 Å². The molecule has 0 rings (SSSR count). The molecular formula is C18H37NO2. The van der Waals surface area contributed by atoms with Crippen LogP contribution in [0.15, 0.2) is 12.2 Å². The van der Waals surface area contributed by atoms with Crippen LogP contribution in [0, 0.1) is 0 Å². The van der Waals surface area contributed by atoms with Crippen LogP contribution in [0.2, 0.25) is 0 Å². The maximum absolute atomic E-state index is 9.58. The van der Waals surface area contributed by atoms with Crippen molar-refractivity contribution in [1.29, 1.82) is 0 Å². The van der Waals surface area contributed by atoms with E-state index in [1.807, 2.05) is 0 Å². The van der Waals surface area contributed by atoms with Gasteiger partial charge in [0.05, 0.1) is 18.8 Å². The van der Waals surface area contributed by atoms with E-state index in [1.54, 1.807) is 0 Å². The Morgan fingerprint density at radius 2 is 1.38 bits per heavy atom. The molecule has 3 heteroatoms. The van der Waals surface area contributed by atoms with Gasteiger partial charge in [-0.2, -0.15) is 0 Å². The van der Waals surface area contributed by atoms with Crippen LogP contribution in [0.3, 0.4) is 0 Å². The van der Waals surface area contributed by atoms with E-state index in [2.05, 4.69) is 19.1 Å². The highest BCUT2D eigenvalue weighted by molar-refractivity contribution is 4.83. The summed E-state index contributed by atoms with van der Waals surface area (Å²) in [5.74, 6) is 0. The number of aliphatic hydroxyl groups excluding tert-OH is 2. The second kappa shape index (κ2) is 16.0. The minimum absolute atomic E-state index is 0.149. The van der Waals surface area contributed by atoms with Crippen LogP contribution in [0.5, 0.6) is 0 Å². The van der Waals surface area contributed by atoms with Gasteiger partial charge in [-0.05, 0) is 25.7 Å². The van der Waals surface area contributed by atoms with Gasteiger partial charge in [-0.15, -0.1) is 0 Å². The van der Waals surface area contributed by atoms with Crippen molar-refractivity contribution in [3.63, 3.8) is 0 Å². The Morgan fingerprint density at radius 3 is 1.95 bits per heavy atom. The molecule has 0 aliphatic carbocycles. The normalized spacial score (nSPS) is 14.7. The summed E-state index contributed by atoms with van der Waals surface area (Å²) in [6, 6.07) is -0.504. The Morgan fingerprint density at radius 1 is 0.857 bits per heavy atom. The van der Waals surface area contributed by atoms with Crippen molar-refractivity contribution in [2.45, 2.75) is 96.1 Å². The third-order valence-corrected chi connectivity index (χ3v) is 3.98. The van der Waals surface area contributed by atoms with Crippen molar-refractivity contribution in [2.75, 3.05) is 6.61 Å². The monoisotopic (exact) mass is 299 g/mol. The fourth-order valence-corrected chi connectivity index (χ4v) is 2.41. The van der Waals surface area contributed by atoms with Crippen molar-refractivity contribution in [1.82, 2.24) is 0 Å². The van der Waals surface area contributed by atoms with Gasteiger partial charge in [0.1, 0.15) is 0 Å². The number of hydrogen-bond acceptors (Lipinski definition) is 3. The number of aliphatic hydroxyl groups is 2. The Kier molecular flexibility index (Phi) is 15.7. The molecule has 0 bridgehead atoms. The molecule has 0 aromatic heterocycles. The van der Waals surface area contributed by atoms with Gasteiger partial charge in [-0.25, -0.2) is 0 Å². The molecule has 0 radical (unpaired) electrons. The predicted octanol–water partition coefficient (Wildman–Crippen LogP) is 3.92. The third-order valence-electron chi connectivity index (χ3n) is 3.98. The first-order chi connectivity index (χ1) is 10.2. The summed E-state index contributed by atoms with van der Waals surface area (Å²) < 4.78 is 0. The van der Waals surface area contributed by atoms with Crippen LogP contribution in [-0.4, -0.2) is 29.0 Å². The van der Waals surface area contributed by atoms with Crippen LogP contribution < -0.4 is 5.73 Å². The number of allylic oxidation sites excluding steroid dienone is 2. The van der Waals surface area contributed by atoms with Crippen LogP contribution in [0.25, 0.3) is 0 Å². The molecule has 2 atom stereocenters. The van der Waals surface area contributed by atoms with Gasteiger partial charge in [0.25, 0.3) is 0 Å². The van der Waals surface area contributed by atoms with E-state index in [-0.39, 0.29) is 6.61 Å². The van der Waals surface area contributed by atoms with Crippen LogP contribution >= 0.6 is 0 Å². The topological polar surface area (TPSA) is 66.5 Å². The predicted molar refractivity (Wildman–Crippen MR) is 91.3 cm³/mol. The maximum atomic E-state index is 9.58. The number of hydrogen-bond donors (Lipinski definition) is 3. The SMILES string of the molecule is CCCCCCCCCCC/C=C/CC[C@@H](O)[C@@H](N)CO. The van der Waals surface area contributed by atoms with Crippen LogP contribution in [0.1, 0.15) is 84.0 Å². The molecule has 0 aromatic carbocycles. The van der Waals surface area contributed by atoms with E-state index in [0.717, 1.165) is 12.8 Å². The van der Waals surface area contributed by atoms with Gasteiger partial charge in [0, 0.05) is 0 Å². The molecule has 3 nitrogen and oxygen atoms in total. The smallest absolute Gasteiger partial charge is 0.0716 e. The van der Waals surface area contributed by atoms with E-state index >= 15 is 0 Å². The molecule has 0 saturated carbocycles. The maximum Gasteiger partial charge on any atom is 0.0716 e. The molecule has 0 spiro atoms. The van der Waals surface area contributed by atoms with Gasteiger partial charge >= 0.3 is 0 Å². The number of unbranched alkanes of at least 4 members (excludes halogenated alkanes) is 9. The zero-order valence-corrected chi connectivity index (χ0v) is 14.0. The third kappa shape index (κ3) is 14.3. The molecule has 0 aliphatic heterocycles. The van der Waals surface area contributed by atoms with Crippen molar-refractivity contribution in [3.05, 3.63) is 12.2 Å². The molecule has 0 fully saturated rings. The standard InChI is InChI=1S/C18H37NO2/c1-2-3-4-5-6-7-8-9-10-11-12-13-14-15-18(21)17(19)16-20/h12-13,17-18,20-21H,2-11,14-16,19H2,1H3/b13-12+/t17-,18+/m0/s1. The minimum atomic E-state index is -0.590. The molecule has 0 aliphatic rings. The Bertz CT molecular complexity index is 231. The average molecular weight is 299 g/mol. The van der Waals surface area contributed by atoms with E-state index in [1.165, 1.54) is 57.8 Å².